The summed E-state index contributed by atoms with van der Waals surface area (Å²) in [6.45, 7) is 9.85. The Morgan fingerprint density at radius 3 is 2.53 bits per heavy atom. The summed E-state index contributed by atoms with van der Waals surface area (Å²) in [5.41, 5.74) is 5.88. The third-order valence-corrected chi connectivity index (χ3v) is 5.21. The Bertz CT molecular complexity index is 1300. The highest BCUT2D eigenvalue weighted by atomic mass is 16.5. The highest BCUT2D eigenvalue weighted by Crippen LogP contribution is 2.34. The standard InChI is InChI=1S/C25H25N5O2/c1-14(2)31-21-9-18(12-26)8-19(10-21)25-22-11-20(6-7-23(22)29-30-25)32-17(5)24-15(3)13-27-28-16(24)4/h6-11,13-14,17H,1-5H3,(H,29,30)/t17-/m1/s1. The minimum Gasteiger partial charge on any atom is -0.491 e. The van der Waals surface area contributed by atoms with Crippen molar-refractivity contribution in [2.24, 2.45) is 0 Å². The maximum atomic E-state index is 9.46. The molecule has 0 saturated heterocycles. The fraction of sp³-hybridized carbons (Fsp3) is 0.280. The van der Waals surface area contributed by atoms with Crippen LogP contribution in [0.3, 0.4) is 0 Å². The maximum Gasteiger partial charge on any atom is 0.123 e. The lowest BCUT2D eigenvalue weighted by Crippen LogP contribution is -2.09. The predicted octanol–water partition coefficient (Wildman–Crippen LogP) is 5.44. The first-order chi connectivity index (χ1) is 15.4. The van der Waals surface area contributed by atoms with Crippen LogP contribution in [0.25, 0.3) is 22.2 Å². The molecule has 0 radical (unpaired) electrons. The molecule has 0 bridgehead atoms. The van der Waals surface area contributed by atoms with Crippen molar-refractivity contribution in [2.45, 2.75) is 46.8 Å². The predicted molar refractivity (Wildman–Crippen MR) is 123 cm³/mol. The SMILES string of the molecule is Cc1cnnc(C)c1[C@@H](C)Oc1ccc2[nH]nc(-c3cc(C#N)cc(OC(C)C)c3)c2c1. The number of rotatable bonds is 6. The summed E-state index contributed by atoms with van der Waals surface area (Å²) in [5.74, 6) is 1.36. The van der Waals surface area contributed by atoms with E-state index in [1.165, 1.54) is 0 Å². The molecular formula is C25H25N5O2. The number of hydrogen-bond donors (Lipinski definition) is 1. The molecule has 162 valence electrons. The highest BCUT2D eigenvalue weighted by molar-refractivity contribution is 5.94. The van der Waals surface area contributed by atoms with E-state index in [1.54, 1.807) is 12.3 Å². The lowest BCUT2D eigenvalue weighted by molar-refractivity contribution is 0.225. The minimum absolute atomic E-state index is 0.00352. The van der Waals surface area contributed by atoms with E-state index in [2.05, 4.69) is 26.5 Å². The molecule has 0 unspecified atom stereocenters. The molecule has 7 heteroatoms. The zero-order valence-corrected chi connectivity index (χ0v) is 18.8. The topological polar surface area (TPSA) is 96.7 Å². The molecule has 0 amide bonds. The number of hydrogen-bond acceptors (Lipinski definition) is 6. The van der Waals surface area contributed by atoms with E-state index in [9.17, 15) is 5.26 Å². The Balaban J connectivity index is 1.72. The summed E-state index contributed by atoms with van der Waals surface area (Å²) in [5, 5.41) is 26.1. The van der Waals surface area contributed by atoms with Gasteiger partial charge in [0.2, 0.25) is 0 Å². The molecule has 1 atom stereocenters. The van der Waals surface area contributed by atoms with Gasteiger partial charge in [-0.1, -0.05) is 0 Å². The van der Waals surface area contributed by atoms with E-state index < -0.39 is 0 Å². The molecule has 2 aromatic carbocycles. The van der Waals surface area contributed by atoms with Crippen molar-refractivity contribution in [3.05, 3.63) is 65.0 Å². The Labute approximate surface area is 187 Å². The first kappa shape index (κ1) is 21.3. The van der Waals surface area contributed by atoms with Crippen LogP contribution in [0.1, 0.15) is 49.3 Å². The smallest absolute Gasteiger partial charge is 0.123 e. The van der Waals surface area contributed by atoms with Gasteiger partial charge in [-0.25, -0.2) is 0 Å². The normalized spacial score (nSPS) is 12.0. The Kier molecular flexibility index (Phi) is 5.78. The highest BCUT2D eigenvalue weighted by Gasteiger charge is 2.17. The van der Waals surface area contributed by atoms with Crippen molar-refractivity contribution in [3.8, 4) is 28.8 Å². The second-order valence-electron chi connectivity index (χ2n) is 8.09. The summed E-state index contributed by atoms with van der Waals surface area (Å²) < 4.78 is 12.1. The average Bonchev–Trinajstić information content (AvgIpc) is 3.16. The Morgan fingerprint density at radius 1 is 1.00 bits per heavy atom. The fourth-order valence-electron chi connectivity index (χ4n) is 3.92. The molecular weight excluding hydrogens is 402 g/mol. The van der Waals surface area contributed by atoms with Gasteiger partial charge in [0, 0.05) is 16.5 Å². The number of aromatic nitrogens is 4. The van der Waals surface area contributed by atoms with Crippen LogP contribution in [0.2, 0.25) is 0 Å². The minimum atomic E-state index is -0.189. The van der Waals surface area contributed by atoms with Crippen molar-refractivity contribution in [2.75, 3.05) is 0 Å². The second kappa shape index (κ2) is 8.67. The van der Waals surface area contributed by atoms with Crippen LogP contribution < -0.4 is 9.47 Å². The number of nitrogens with one attached hydrogen (secondary N) is 1. The Hall–Kier alpha value is -3.92. The van der Waals surface area contributed by atoms with Gasteiger partial charge in [-0.3, -0.25) is 5.10 Å². The Morgan fingerprint density at radius 2 is 1.81 bits per heavy atom. The van der Waals surface area contributed by atoms with Gasteiger partial charge < -0.3 is 9.47 Å². The number of nitriles is 1. The zero-order chi connectivity index (χ0) is 22.8. The maximum absolute atomic E-state index is 9.46. The number of nitrogens with zero attached hydrogens (tertiary/aromatic N) is 4. The largest absolute Gasteiger partial charge is 0.491 e. The first-order valence-electron chi connectivity index (χ1n) is 10.5. The summed E-state index contributed by atoms with van der Waals surface area (Å²) >= 11 is 0. The van der Waals surface area contributed by atoms with Crippen molar-refractivity contribution >= 4 is 10.9 Å². The molecule has 2 heterocycles. The molecule has 0 saturated carbocycles. The van der Waals surface area contributed by atoms with E-state index in [-0.39, 0.29) is 12.2 Å². The van der Waals surface area contributed by atoms with Gasteiger partial charge in [0.25, 0.3) is 0 Å². The van der Waals surface area contributed by atoms with Crippen LogP contribution in [0, 0.1) is 25.2 Å². The summed E-state index contributed by atoms with van der Waals surface area (Å²) in [6.07, 6.45) is 1.56. The van der Waals surface area contributed by atoms with Crippen LogP contribution >= 0.6 is 0 Å². The van der Waals surface area contributed by atoms with Gasteiger partial charge in [-0.05, 0) is 76.6 Å². The summed E-state index contributed by atoms with van der Waals surface area (Å²) in [6, 6.07) is 13.5. The molecule has 4 aromatic rings. The quantitative estimate of drug-likeness (QED) is 0.440. The molecule has 0 spiro atoms. The van der Waals surface area contributed by atoms with Crippen LogP contribution in [0.4, 0.5) is 0 Å². The van der Waals surface area contributed by atoms with Crippen LogP contribution in [-0.4, -0.2) is 26.5 Å². The number of aryl methyl sites for hydroxylation is 2. The number of fused-ring (bicyclic) bond motifs is 1. The second-order valence-corrected chi connectivity index (χ2v) is 8.09. The molecule has 0 fully saturated rings. The molecule has 0 aliphatic carbocycles. The molecule has 2 aromatic heterocycles. The van der Waals surface area contributed by atoms with Gasteiger partial charge in [-0.2, -0.15) is 20.6 Å². The first-order valence-corrected chi connectivity index (χ1v) is 10.5. The molecule has 32 heavy (non-hydrogen) atoms. The fourth-order valence-corrected chi connectivity index (χ4v) is 3.92. The number of aromatic amines is 1. The van der Waals surface area contributed by atoms with Crippen molar-refractivity contribution in [1.82, 2.24) is 20.4 Å². The lowest BCUT2D eigenvalue weighted by atomic mass is 10.0. The van der Waals surface area contributed by atoms with E-state index in [4.69, 9.17) is 9.47 Å². The van der Waals surface area contributed by atoms with Crippen LogP contribution in [-0.2, 0) is 0 Å². The van der Waals surface area contributed by atoms with Gasteiger partial charge in [0.15, 0.2) is 0 Å². The number of ether oxygens (including phenoxy) is 2. The monoisotopic (exact) mass is 427 g/mol. The number of H-pyrrole nitrogens is 1. The molecule has 1 N–H and O–H groups in total. The average molecular weight is 428 g/mol. The zero-order valence-electron chi connectivity index (χ0n) is 18.8. The van der Waals surface area contributed by atoms with Crippen LogP contribution in [0.5, 0.6) is 11.5 Å². The molecule has 7 nitrogen and oxygen atoms in total. The van der Waals surface area contributed by atoms with E-state index in [0.717, 1.165) is 44.7 Å². The van der Waals surface area contributed by atoms with E-state index in [1.807, 2.05) is 65.0 Å². The van der Waals surface area contributed by atoms with Gasteiger partial charge in [-0.15, -0.1) is 0 Å². The number of benzene rings is 2. The van der Waals surface area contributed by atoms with Crippen molar-refractivity contribution in [3.63, 3.8) is 0 Å². The molecule has 0 aliphatic heterocycles. The van der Waals surface area contributed by atoms with E-state index >= 15 is 0 Å². The van der Waals surface area contributed by atoms with Crippen molar-refractivity contribution in [1.29, 1.82) is 5.26 Å². The summed E-state index contributed by atoms with van der Waals surface area (Å²) in [7, 11) is 0. The third-order valence-electron chi connectivity index (χ3n) is 5.21. The molecule has 0 aliphatic rings. The van der Waals surface area contributed by atoms with Gasteiger partial charge >= 0.3 is 0 Å². The molecule has 4 rings (SSSR count). The third kappa shape index (κ3) is 4.26. The van der Waals surface area contributed by atoms with Crippen molar-refractivity contribution < 1.29 is 9.47 Å². The van der Waals surface area contributed by atoms with E-state index in [0.29, 0.717) is 11.3 Å². The van der Waals surface area contributed by atoms with Crippen LogP contribution in [0.15, 0.2) is 42.6 Å². The summed E-state index contributed by atoms with van der Waals surface area (Å²) in [4.78, 5) is 0. The lowest BCUT2D eigenvalue weighted by Gasteiger charge is -2.18. The van der Waals surface area contributed by atoms with Gasteiger partial charge in [0.05, 0.1) is 35.1 Å². The van der Waals surface area contributed by atoms with Gasteiger partial charge in [0.1, 0.15) is 23.3 Å².